The van der Waals surface area contributed by atoms with E-state index in [2.05, 4.69) is 36.9 Å². The number of halogens is 1. The highest BCUT2D eigenvalue weighted by atomic mass is 79.9. The van der Waals surface area contributed by atoms with Crippen LogP contribution in [0.5, 0.6) is 0 Å². The molecule has 2 atom stereocenters. The van der Waals surface area contributed by atoms with Crippen molar-refractivity contribution in [3.63, 3.8) is 0 Å². The number of hydrogen-bond acceptors (Lipinski definition) is 0. The molecule has 0 aromatic carbocycles. The van der Waals surface area contributed by atoms with Crippen LogP contribution in [-0.2, 0) is 0 Å². The molecule has 0 spiro atoms. The second-order valence-electron chi connectivity index (χ2n) is 5.99. The van der Waals surface area contributed by atoms with Crippen molar-refractivity contribution in [2.45, 2.75) is 90.6 Å². The summed E-state index contributed by atoms with van der Waals surface area (Å²) in [6, 6.07) is 0. The van der Waals surface area contributed by atoms with E-state index in [-0.39, 0.29) is 17.0 Å². The van der Waals surface area contributed by atoms with Crippen molar-refractivity contribution in [2.75, 3.05) is 0 Å². The predicted molar refractivity (Wildman–Crippen MR) is 90.5 cm³/mol. The maximum atomic E-state index is 2.98. The standard InChI is InChI=1S/C15H33P.BrH/c1-5-6-7-8-9-10-11-12-13-14(2)15(3,4)16;/h14H,5-13,16H2,1-4H3;1H. The van der Waals surface area contributed by atoms with Gasteiger partial charge in [-0.1, -0.05) is 79.1 Å². The molecule has 2 unspecified atom stereocenters. The molecule has 17 heavy (non-hydrogen) atoms. The lowest BCUT2D eigenvalue weighted by Crippen LogP contribution is -2.20. The van der Waals surface area contributed by atoms with Gasteiger partial charge in [0, 0.05) is 0 Å². The lowest BCUT2D eigenvalue weighted by molar-refractivity contribution is 0.406. The van der Waals surface area contributed by atoms with Crippen molar-refractivity contribution >= 4 is 26.2 Å². The smallest absolute Gasteiger partial charge is 0.0181 e. The zero-order chi connectivity index (χ0) is 12.4. The van der Waals surface area contributed by atoms with Gasteiger partial charge in [-0.15, -0.1) is 26.2 Å². The molecular formula is C15H34BrP. The Morgan fingerprint density at radius 3 is 1.71 bits per heavy atom. The highest BCUT2D eigenvalue weighted by Gasteiger charge is 2.19. The topological polar surface area (TPSA) is 0 Å². The van der Waals surface area contributed by atoms with Crippen LogP contribution in [0, 0.1) is 5.92 Å². The van der Waals surface area contributed by atoms with Gasteiger partial charge in [0.25, 0.3) is 0 Å². The molecule has 0 fully saturated rings. The minimum Gasteiger partial charge on any atom is -0.131 e. The summed E-state index contributed by atoms with van der Waals surface area (Å²) in [4.78, 5) is 0. The summed E-state index contributed by atoms with van der Waals surface area (Å²) in [5.74, 6) is 0.831. The van der Waals surface area contributed by atoms with E-state index in [4.69, 9.17) is 0 Å². The van der Waals surface area contributed by atoms with E-state index < -0.39 is 0 Å². The normalized spacial score (nSPS) is 13.2. The summed E-state index contributed by atoms with van der Waals surface area (Å²) >= 11 is 0. The fraction of sp³-hybridized carbons (Fsp3) is 1.00. The maximum Gasteiger partial charge on any atom is -0.0181 e. The van der Waals surface area contributed by atoms with Gasteiger partial charge in [-0.3, -0.25) is 0 Å². The van der Waals surface area contributed by atoms with E-state index in [1.807, 2.05) is 0 Å². The number of rotatable bonds is 10. The van der Waals surface area contributed by atoms with Crippen LogP contribution in [0.3, 0.4) is 0 Å². The Balaban J connectivity index is 0. The molecule has 0 nitrogen and oxygen atoms in total. The van der Waals surface area contributed by atoms with Crippen LogP contribution in [0.2, 0.25) is 0 Å². The minimum absolute atomic E-state index is 0. The molecule has 0 radical (unpaired) electrons. The van der Waals surface area contributed by atoms with Gasteiger partial charge in [0.15, 0.2) is 0 Å². The van der Waals surface area contributed by atoms with Crippen LogP contribution in [-0.4, -0.2) is 5.16 Å². The summed E-state index contributed by atoms with van der Waals surface area (Å²) in [7, 11) is 2.98. The molecule has 0 bridgehead atoms. The van der Waals surface area contributed by atoms with Crippen molar-refractivity contribution in [3.05, 3.63) is 0 Å². The summed E-state index contributed by atoms with van der Waals surface area (Å²) in [5.41, 5.74) is 0. The van der Waals surface area contributed by atoms with Crippen molar-refractivity contribution in [1.82, 2.24) is 0 Å². The zero-order valence-electron chi connectivity index (χ0n) is 12.4. The summed E-state index contributed by atoms with van der Waals surface area (Å²) in [6.07, 6.45) is 12.9. The van der Waals surface area contributed by atoms with Crippen molar-refractivity contribution < 1.29 is 0 Å². The molecule has 0 aliphatic carbocycles. The Labute approximate surface area is 123 Å². The second-order valence-corrected chi connectivity index (χ2v) is 7.47. The molecule has 0 rings (SSSR count). The van der Waals surface area contributed by atoms with Crippen molar-refractivity contribution in [1.29, 1.82) is 0 Å². The highest BCUT2D eigenvalue weighted by molar-refractivity contribution is 8.93. The number of unbranched alkanes of at least 4 members (excludes halogenated alkanes) is 7. The molecule has 106 valence electrons. The average molecular weight is 325 g/mol. The fourth-order valence-corrected chi connectivity index (χ4v) is 2.12. The molecular weight excluding hydrogens is 291 g/mol. The highest BCUT2D eigenvalue weighted by Crippen LogP contribution is 2.30. The van der Waals surface area contributed by atoms with Gasteiger partial charge in [0.1, 0.15) is 0 Å². The van der Waals surface area contributed by atoms with E-state index in [1.54, 1.807) is 0 Å². The minimum atomic E-state index is 0. The van der Waals surface area contributed by atoms with Crippen LogP contribution >= 0.6 is 26.2 Å². The van der Waals surface area contributed by atoms with Crippen LogP contribution < -0.4 is 0 Å². The maximum absolute atomic E-state index is 2.98. The lowest BCUT2D eigenvalue weighted by Gasteiger charge is -2.26. The van der Waals surface area contributed by atoms with Crippen LogP contribution in [0.15, 0.2) is 0 Å². The molecule has 0 N–H and O–H groups in total. The van der Waals surface area contributed by atoms with E-state index in [1.165, 1.54) is 57.8 Å². The summed E-state index contributed by atoms with van der Waals surface area (Å²) in [6.45, 7) is 9.32. The summed E-state index contributed by atoms with van der Waals surface area (Å²) in [5, 5.41) is 0.418. The van der Waals surface area contributed by atoms with Gasteiger partial charge < -0.3 is 0 Å². The summed E-state index contributed by atoms with van der Waals surface area (Å²) < 4.78 is 0. The fourth-order valence-electron chi connectivity index (χ4n) is 1.96. The van der Waals surface area contributed by atoms with Crippen LogP contribution in [0.25, 0.3) is 0 Å². The van der Waals surface area contributed by atoms with Gasteiger partial charge in [0.05, 0.1) is 0 Å². The SMILES string of the molecule is Br.CCCCCCCCCCC(C)C(C)(C)P. The Morgan fingerprint density at radius 1 is 0.882 bits per heavy atom. The molecule has 0 saturated heterocycles. The first kappa shape index (κ1) is 20.2. The first-order valence-electron chi connectivity index (χ1n) is 7.27. The Bertz CT molecular complexity index is 151. The van der Waals surface area contributed by atoms with Crippen LogP contribution in [0.1, 0.15) is 85.5 Å². The zero-order valence-corrected chi connectivity index (χ0v) is 15.3. The third-order valence-corrected chi connectivity index (χ3v) is 4.33. The molecule has 0 amide bonds. The molecule has 2 heteroatoms. The second kappa shape index (κ2) is 12.0. The molecule has 0 aliphatic rings. The molecule has 0 saturated carbocycles. The van der Waals surface area contributed by atoms with Crippen molar-refractivity contribution in [3.8, 4) is 0 Å². The van der Waals surface area contributed by atoms with E-state index in [0.717, 1.165) is 5.92 Å². The van der Waals surface area contributed by atoms with E-state index >= 15 is 0 Å². The third-order valence-electron chi connectivity index (χ3n) is 3.76. The van der Waals surface area contributed by atoms with Gasteiger partial charge in [-0.05, 0) is 17.5 Å². The van der Waals surface area contributed by atoms with Gasteiger partial charge in [0.2, 0.25) is 0 Å². The van der Waals surface area contributed by atoms with Gasteiger partial charge in [-0.25, -0.2) is 0 Å². The Morgan fingerprint density at radius 2 is 1.29 bits per heavy atom. The Kier molecular flexibility index (Phi) is 14.2. The van der Waals surface area contributed by atoms with E-state index in [0.29, 0.717) is 5.16 Å². The van der Waals surface area contributed by atoms with Gasteiger partial charge >= 0.3 is 0 Å². The van der Waals surface area contributed by atoms with Gasteiger partial charge in [-0.2, -0.15) is 0 Å². The predicted octanol–water partition coefficient (Wildman–Crippen LogP) is 6.38. The number of hydrogen-bond donors (Lipinski definition) is 0. The molecule has 0 heterocycles. The molecule has 0 aliphatic heterocycles. The van der Waals surface area contributed by atoms with E-state index in [9.17, 15) is 0 Å². The largest absolute Gasteiger partial charge is 0.131 e. The first-order valence-corrected chi connectivity index (χ1v) is 7.85. The average Bonchev–Trinajstić information content (AvgIpc) is 2.20. The quantitative estimate of drug-likeness (QED) is 0.323. The molecule has 0 aromatic heterocycles. The first-order chi connectivity index (χ1) is 7.48. The van der Waals surface area contributed by atoms with Crippen molar-refractivity contribution in [2.24, 2.45) is 5.92 Å². The van der Waals surface area contributed by atoms with Crippen LogP contribution in [0.4, 0.5) is 0 Å². The monoisotopic (exact) mass is 324 g/mol. The lowest BCUT2D eigenvalue weighted by atomic mass is 9.91. The third kappa shape index (κ3) is 13.1. The molecule has 0 aromatic rings. The Hall–Kier alpha value is 0.910.